The van der Waals surface area contributed by atoms with E-state index >= 15 is 0 Å². The Morgan fingerprint density at radius 2 is 2.16 bits per heavy atom. The van der Waals surface area contributed by atoms with Gasteiger partial charge in [-0.1, -0.05) is 32.0 Å². The van der Waals surface area contributed by atoms with Crippen LogP contribution in [0.3, 0.4) is 0 Å². The lowest BCUT2D eigenvalue weighted by Gasteiger charge is -2.33. The van der Waals surface area contributed by atoms with Crippen LogP contribution in [0.2, 0.25) is 0 Å². The number of benzene rings is 1. The van der Waals surface area contributed by atoms with E-state index in [-0.39, 0.29) is 6.04 Å². The van der Waals surface area contributed by atoms with E-state index in [1.807, 2.05) is 26.0 Å². The van der Waals surface area contributed by atoms with E-state index in [9.17, 15) is 9.90 Å². The zero-order chi connectivity index (χ0) is 13.8. The molecule has 0 radical (unpaired) electrons. The highest BCUT2D eigenvalue weighted by Gasteiger charge is 2.24. The Labute approximate surface area is 114 Å². The summed E-state index contributed by atoms with van der Waals surface area (Å²) >= 11 is 0. The van der Waals surface area contributed by atoms with Gasteiger partial charge in [0.05, 0.1) is 0 Å². The summed E-state index contributed by atoms with van der Waals surface area (Å²) in [5.74, 6) is -0.781. The zero-order valence-corrected chi connectivity index (χ0v) is 11.6. The van der Waals surface area contributed by atoms with Crippen LogP contribution in [0.15, 0.2) is 24.3 Å². The van der Waals surface area contributed by atoms with E-state index < -0.39 is 12.0 Å². The normalized spacial score (nSPS) is 16.3. The molecular formula is C15H22N2O2. The highest BCUT2D eigenvalue weighted by Crippen LogP contribution is 2.26. The molecule has 1 aliphatic rings. The highest BCUT2D eigenvalue weighted by molar-refractivity contribution is 5.74. The van der Waals surface area contributed by atoms with Gasteiger partial charge in [0, 0.05) is 24.8 Å². The third-order valence-corrected chi connectivity index (χ3v) is 3.44. The summed E-state index contributed by atoms with van der Waals surface area (Å²) in [6.07, 6.45) is 2.17. The Hall–Kier alpha value is -1.55. The standard InChI is InChI=1S/C15H22N2O2/c1-11(2)16-13(15(18)19)10-17-9-5-7-12-6-3-4-8-14(12)17/h3-4,6,8,11,13,16H,5,7,9-10H2,1-2H3,(H,18,19). The second-order valence-electron chi connectivity index (χ2n) is 5.39. The van der Waals surface area contributed by atoms with Crippen LogP contribution < -0.4 is 10.2 Å². The smallest absolute Gasteiger partial charge is 0.322 e. The van der Waals surface area contributed by atoms with Crippen LogP contribution in [-0.4, -0.2) is 36.2 Å². The fourth-order valence-corrected chi connectivity index (χ4v) is 2.63. The van der Waals surface area contributed by atoms with Crippen molar-refractivity contribution < 1.29 is 9.90 Å². The van der Waals surface area contributed by atoms with Gasteiger partial charge in [0.15, 0.2) is 0 Å². The first-order valence-electron chi connectivity index (χ1n) is 6.89. The van der Waals surface area contributed by atoms with Gasteiger partial charge in [-0.15, -0.1) is 0 Å². The molecule has 1 unspecified atom stereocenters. The number of carbonyl (C=O) groups is 1. The molecule has 0 fully saturated rings. The molecule has 0 bridgehead atoms. The summed E-state index contributed by atoms with van der Waals surface area (Å²) in [4.78, 5) is 13.5. The van der Waals surface area contributed by atoms with E-state index in [2.05, 4.69) is 22.3 Å². The number of nitrogens with one attached hydrogen (secondary N) is 1. The number of rotatable bonds is 5. The number of hydrogen-bond donors (Lipinski definition) is 2. The average molecular weight is 262 g/mol. The Morgan fingerprint density at radius 3 is 2.84 bits per heavy atom. The van der Waals surface area contributed by atoms with Crippen molar-refractivity contribution in [3.05, 3.63) is 29.8 Å². The van der Waals surface area contributed by atoms with Gasteiger partial charge in [-0.05, 0) is 24.5 Å². The molecule has 1 aromatic rings. The van der Waals surface area contributed by atoms with Gasteiger partial charge in [0.2, 0.25) is 0 Å². The van der Waals surface area contributed by atoms with E-state index in [0.29, 0.717) is 6.54 Å². The molecule has 19 heavy (non-hydrogen) atoms. The maximum Gasteiger partial charge on any atom is 0.322 e. The van der Waals surface area contributed by atoms with Gasteiger partial charge >= 0.3 is 5.97 Å². The topological polar surface area (TPSA) is 52.6 Å². The molecule has 104 valence electrons. The van der Waals surface area contributed by atoms with Gasteiger partial charge in [-0.3, -0.25) is 4.79 Å². The minimum absolute atomic E-state index is 0.168. The molecule has 2 rings (SSSR count). The molecule has 0 aliphatic carbocycles. The number of hydrogen-bond acceptors (Lipinski definition) is 3. The van der Waals surface area contributed by atoms with Crippen LogP contribution in [0.5, 0.6) is 0 Å². The lowest BCUT2D eigenvalue weighted by molar-refractivity contribution is -0.139. The fourth-order valence-electron chi connectivity index (χ4n) is 2.63. The first-order valence-corrected chi connectivity index (χ1v) is 6.89. The Balaban J connectivity index is 2.12. The number of aryl methyl sites for hydroxylation is 1. The van der Waals surface area contributed by atoms with Gasteiger partial charge < -0.3 is 15.3 Å². The van der Waals surface area contributed by atoms with Crippen LogP contribution in [0, 0.1) is 0 Å². The summed E-state index contributed by atoms with van der Waals surface area (Å²) in [5, 5.41) is 12.4. The molecular weight excluding hydrogens is 240 g/mol. The van der Waals surface area contributed by atoms with Crippen molar-refractivity contribution in [2.24, 2.45) is 0 Å². The Morgan fingerprint density at radius 1 is 1.42 bits per heavy atom. The monoisotopic (exact) mass is 262 g/mol. The van der Waals surface area contributed by atoms with Crippen molar-refractivity contribution in [2.45, 2.75) is 38.8 Å². The molecule has 0 saturated carbocycles. The maximum atomic E-state index is 11.3. The predicted octanol–water partition coefficient (Wildman–Crippen LogP) is 1.89. The van der Waals surface area contributed by atoms with Crippen molar-refractivity contribution >= 4 is 11.7 Å². The fraction of sp³-hybridized carbons (Fsp3) is 0.533. The summed E-state index contributed by atoms with van der Waals surface area (Å²) in [5.41, 5.74) is 2.51. The number of fused-ring (bicyclic) bond motifs is 1. The minimum atomic E-state index is -0.781. The van der Waals surface area contributed by atoms with E-state index in [0.717, 1.165) is 19.4 Å². The van der Waals surface area contributed by atoms with Crippen molar-refractivity contribution in [3.8, 4) is 0 Å². The van der Waals surface area contributed by atoms with Crippen LogP contribution in [0.1, 0.15) is 25.8 Å². The summed E-state index contributed by atoms with van der Waals surface area (Å²) in [6.45, 7) is 5.39. The number of nitrogens with zero attached hydrogens (tertiary/aromatic N) is 1. The van der Waals surface area contributed by atoms with Crippen LogP contribution in [0.4, 0.5) is 5.69 Å². The number of anilines is 1. The van der Waals surface area contributed by atoms with E-state index in [1.165, 1.54) is 11.3 Å². The molecule has 1 aliphatic heterocycles. The average Bonchev–Trinajstić information content (AvgIpc) is 2.37. The van der Waals surface area contributed by atoms with Crippen LogP contribution in [0.25, 0.3) is 0 Å². The molecule has 4 nitrogen and oxygen atoms in total. The molecule has 4 heteroatoms. The van der Waals surface area contributed by atoms with Crippen LogP contribution in [-0.2, 0) is 11.2 Å². The Kier molecular flexibility index (Phi) is 4.43. The molecule has 0 aromatic heterocycles. The van der Waals surface area contributed by atoms with Gasteiger partial charge in [-0.2, -0.15) is 0 Å². The molecule has 0 saturated heterocycles. The molecule has 1 aromatic carbocycles. The largest absolute Gasteiger partial charge is 0.480 e. The minimum Gasteiger partial charge on any atom is -0.480 e. The predicted molar refractivity (Wildman–Crippen MR) is 76.7 cm³/mol. The first kappa shape index (κ1) is 13.9. The van der Waals surface area contributed by atoms with E-state index in [1.54, 1.807) is 0 Å². The number of carboxylic acids is 1. The molecule has 0 spiro atoms. The quantitative estimate of drug-likeness (QED) is 0.851. The highest BCUT2D eigenvalue weighted by atomic mass is 16.4. The third kappa shape index (κ3) is 3.47. The summed E-state index contributed by atoms with van der Waals surface area (Å²) in [6, 6.07) is 7.93. The zero-order valence-electron chi connectivity index (χ0n) is 11.6. The maximum absolute atomic E-state index is 11.3. The van der Waals surface area contributed by atoms with Crippen molar-refractivity contribution in [1.29, 1.82) is 0 Å². The molecule has 0 amide bonds. The molecule has 2 N–H and O–H groups in total. The van der Waals surface area contributed by atoms with E-state index in [4.69, 9.17) is 0 Å². The first-order chi connectivity index (χ1) is 9.08. The van der Waals surface area contributed by atoms with Crippen molar-refractivity contribution in [3.63, 3.8) is 0 Å². The lowest BCUT2D eigenvalue weighted by atomic mass is 10.0. The van der Waals surface area contributed by atoms with Crippen molar-refractivity contribution in [2.75, 3.05) is 18.0 Å². The Bertz CT molecular complexity index is 446. The number of carboxylic acid groups (broad SMARTS) is 1. The lowest BCUT2D eigenvalue weighted by Crippen LogP contribution is -2.49. The van der Waals surface area contributed by atoms with Gasteiger partial charge in [0.1, 0.15) is 6.04 Å². The van der Waals surface area contributed by atoms with Crippen molar-refractivity contribution in [1.82, 2.24) is 5.32 Å². The summed E-state index contributed by atoms with van der Waals surface area (Å²) < 4.78 is 0. The molecule has 1 atom stereocenters. The summed E-state index contributed by atoms with van der Waals surface area (Å²) in [7, 11) is 0. The second kappa shape index (κ2) is 6.06. The third-order valence-electron chi connectivity index (χ3n) is 3.44. The number of para-hydroxylation sites is 1. The number of aliphatic carboxylic acids is 1. The van der Waals surface area contributed by atoms with Gasteiger partial charge in [-0.25, -0.2) is 0 Å². The molecule has 1 heterocycles. The van der Waals surface area contributed by atoms with Gasteiger partial charge in [0.25, 0.3) is 0 Å². The van der Waals surface area contributed by atoms with Crippen LogP contribution >= 0.6 is 0 Å². The second-order valence-corrected chi connectivity index (χ2v) is 5.39. The SMILES string of the molecule is CC(C)NC(CN1CCCc2ccccc21)C(=O)O.